The summed E-state index contributed by atoms with van der Waals surface area (Å²) in [5.41, 5.74) is 7.47. The van der Waals surface area contributed by atoms with Crippen LogP contribution in [0.4, 0.5) is 11.5 Å². The number of methoxy groups -OCH3 is 1. The van der Waals surface area contributed by atoms with Gasteiger partial charge in [-0.15, -0.1) is 0 Å². The van der Waals surface area contributed by atoms with Gasteiger partial charge >= 0.3 is 0 Å². The average Bonchev–Trinajstić information content (AvgIpc) is 2.38. The number of nitrogens with zero attached hydrogens (tertiary/aromatic N) is 1. The first-order chi connectivity index (χ1) is 8.69. The van der Waals surface area contributed by atoms with E-state index < -0.39 is 0 Å². The Morgan fingerprint density at radius 2 is 2.17 bits per heavy atom. The first kappa shape index (κ1) is 12.5. The molecular weight excluding hydrogens is 250 g/mol. The third kappa shape index (κ3) is 3.05. The molecule has 2 aromatic rings. The van der Waals surface area contributed by atoms with Crippen LogP contribution in [0.15, 0.2) is 36.4 Å². The second-order valence-electron chi connectivity index (χ2n) is 3.77. The predicted molar refractivity (Wildman–Crippen MR) is 74.0 cm³/mol. The molecule has 0 saturated carbocycles. The first-order valence-electron chi connectivity index (χ1n) is 5.48. The van der Waals surface area contributed by atoms with E-state index in [0.717, 1.165) is 5.56 Å². The van der Waals surface area contributed by atoms with Gasteiger partial charge in [-0.25, -0.2) is 0 Å². The first-order valence-corrected chi connectivity index (χ1v) is 5.85. The lowest BCUT2D eigenvalue weighted by Gasteiger charge is -2.09. The van der Waals surface area contributed by atoms with E-state index in [9.17, 15) is 0 Å². The Balaban J connectivity index is 2.10. The van der Waals surface area contributed by atoms with Gasteiger partial charge in [-0.2, -0.15) is 4.98 Å². The molecule has 0 aliphatic rings. The van der Waals surface area contributed by atoms with Gasteiger partial charge in [-0.05, 0) is 23.8 Å². The highest BCUT2D eigenvalue weighted by Crippen LogP contribution is 2.20. The maximum atomic E-state index is 5.92. The molecule has 3 N–H and O–H groups in total. The van der Waals surface area contributed by atoms with Gasteiger partial charge in [0.25, 0.3) is 0 Å². The molecule has 0 fully saturated rings. The van der Waals surface area contributed by atoms with Crippen LogP contribution in [-0.4, -0.2) is 12.1 Å². The van der Waals surface area contributed by atoms with Crippen LogP contribution in [0.25, 0.3) is 0 Å². The highest BCUT2D eigenvalue weighted by molar-refractivity contribution is 6.30. The summed E-state index contributed by atoms with van der Waals surface area (Å²) in [6.07, 6.45) is 0. The van der Waals surface area contributed by atoms with Crippen molar-refractivity contribution < 1.29 is 4.74 Å². The van der Waals surface area contributed by atoms with Gasteiger partial charge in [0.15, 0.2) is 5.82 Å². The van der Waals surface area contributed by atoms with Crippen molar-refractivity contribution in [2.24, 2.45) is 0 Å². The van der Waals surface area contributed by atoms with Crippen molar-refractivity contribution in [3.8, 4) is 5.88 Å². The van der Waals surface area contributed by atoms with Gasteiger partial charge < -0.3 is 15.8 Å². The fraction of sp³-hybridized carbons (Fsp3) is 0.154. The highest BCUT2D eigenvalue weighted by Gasteiger charge is 2.03. The minimum atomic E-state index is 0.526. The number of ether oxygens (including phenoxy) is 1. The third-order valence-electron chi connectivity index (χ3n) is 2.46. The number of halogens is 1. The topological polar surface area (TPSA) is 60.2 Å². The monoisotopic (exact) mass is 263 g/mol. The lowest BCUT2D eigenvalue weighted by atomic mass is 10.2. The van der Waals surface area contributed by atoms with E-state index in [-0.39, 0.29) is 0 Å². The van der Waals surface area contributed by atoms with Crippen molar-refractivity contribution in [3.05, 3.63) is 47.0 Å². The third-order valence-corrected chi connectivity index (χ3v) is 2.69. The molecule has 0 bridgehead atoms. The van der Waals surface area contributed by atoms with E-state index >= 15 is 0 Å². The van der Waals surface area contributed by atoms with Gasteiger partial charge in [0.2, 0.25) is 5.88 Å². The molecule has 0 atom stereocenters. The Kier molecular flexibility index (Phi) is 3.89. The van der Waals surface area contributed by atoms with Gasteiger partial charge in [0.05, 0.1) is 12.8 Å². The fourth-order valence-electron chi connectivity index (χ4n) is 1.54. The van der Waals surface area contributed by atoms with Gasteiger partial charge in [-0.1, -0.05) is 23.7 Å². The number of nitrogen functional groups attached to an aromatic ring is 1. The van der Waals surface area contributed by atoms with E-state index in [1.807, 2.05) is 24.3 Å². The van der Waals surface area contributed by atoms with Crippen LogP contribution in [0.5, 0.6) is 5.88 Å². The maximum Gasteiger partial charge on any atom is 0.215 e. The van der Waals surface area contributed by atoms with Crippen molar-refractivity contribution in [2.45, 2.75) is 6.54 Å². The summed E-state index contributed by atoms with van der Waals surface area (Å²) in [5, 5.41) is 3.87. The average molecular weight is 264 g/mol. The molecule has 1 aromatic carbocycles. The number of hydrogen-bond donors (Lipinski definition) is 2. The Bertz CT molecular complexity index is 546. The second-order valence-corrected chi connectivity index (χ2v) is 4.21. The Hall–Kier alpha value is -1.94. The molecule has 0 aliphatic heterocycles. The van der Waals surface area contributed by atoms with Crippen LogP contribution in [0.2, 0.25) is 5.02 Å². The largest absolute Gasteiger partial charge is 0.481 e. The molecule has 4 nitrogen and oxygen atoms in total. The van der Waals surface area contributed by atoms with E-state index in [0.29, 0.717) is 29.0 Å². The van der Waals surface area contributed by atoms with Crippen LogP contribution in [-0.2, 0) is 6.54 Å². The van der Waals surface area contributed by atoms with Crippen LogP contribution >= 0.6 is 11.6 Å². The van der Waals surface area contributed by atoms with E-state index in [2.05, 4.69) is 10.3 Å². The molecule has 94 valence electrons. The molecule has 0 unspecified atom stereocenters. The SMILES string of the molecule is COc1ccc(N)c(NCc2cccc(Cl)c2)n1. The smallest absolute Gasteiger partial charge is 0.215 e. The number of anilines is 2. The molecule has 1 heterocycles. The van der Waals surface area contributed by atoms with Crippen LogP contribution in [0.3, 0.4) is 0 Å². The molecule has 1 aromatic heterocycles. The Labute approximate surface area is 111 Å². The summed E-state index contributed by atoms with van der Waals surface area (Å²) in [6, 6.07) is 11.1. The molecule has 0 amide bonds. The predicted octanol–water partition coefficient (Wildman–Crippen LogP) is 2.94. The number of hydrogen-bond acceptors (Lipinski definition) is 4. The van der Waals surface area contributed by atoms with Gasteiger partial charge in [0.1, 0.15) is 0 Å². The summed E-state index contributed by atoms with van der Waals surface area (Å²) >= 11 is 5.92. The quantitative estimate of drug-likeness (QED) is 0.890. The molecular formula is C13H14ClN3O. The number of aromatic nitrogens is 1. The molecule has 0 spiro atoms. The minimum absolute atomic E-state index is 0.526. The summed E-state index contributed by atoms with van der Waals surface area (Å²) in [5.74, 6) is 1.13. The Morgan fingerprint density at radius 3 is 2.89 bits per heavy atom. The van der Waals surface area contributed by atoms with E-state index in [1.165, 1.54) is 0 Å². The zero-order chi connectivity index (χ0) is 13.0. The maximum absolute atomic E-state index is 5.92. The number of pyridine rings is 1. The number of nitrogens with one attached hydrogen (secondary N) is 1. The molecule has 18 heavy (non-hydrogen) atoms. The standard InChI is InChI=1S/C13H14ClN3O/c1-18-12-6-5-11(15)13(17-12)16-8-9-3-2-4-10(14)7-9/h2-7H,8,15H2,1H3,(H,16,17). The normalized spacial score (nSPS) is 10.1. The molecule has 0 saturated heterocycles. The van der Waals surface area contributed by atoms with Crippen LogP contribution in [0.1, 0.15) is 5.56 Å². The van der Waals surface area contributed by atoms with Crippen molar-refractivity contribution in [2.75, 3.05) is 18.2 Å². The zero-order valence-corrected chi connectivity index (χ0v) is 10.7. The second kappa shape index (κ2) is 5.60. The summed E-state index contributed by atoms with van der Waals surface area (Å²) in [7, 11) is 1.57. The van der Waals surface area contributed by atoms with E-state index in [4.69, 9.17) is 22.1 Å². The molecule has 0 aliphatic carbocycles. The van der Waals surface area contributed by atoms with Crippen molar-refractivity contribution in [3.63, 3.8) is 0 Å². The highest BCUT2D eigenvalue weighted by atomic mass is 35.5. The number of nitrogens with two attached hydrogens (primary N) is 1. The minimum Gasteiger partial charge on any atom is -0.481 e. The number of benzene rings is 1. The summed E-state index contributed by atoms with van der Waals surface area (Å²) < 4.78 is 5.05. The molecule has 5 heteroatoms. The number of rotatable bonds is 4. The molecule has 0 radical (unpaired) electrons. The van der Waals surface area contributed by atoms with Gasteiger partial charge in [0, 0.05) is 17.6 Å². The fourth-order valence-corrected chi connectivity index (χ4v) is 1.75. The molecule has 2 rings (SSSR count). The lowest BCUT2D eigenvalue weighted by molar-refractivity contribution is 0.398. The lowest BCUT2D eigenvalue weighted by Crippen LogP contribution is -2.05. The Morgan fingerprint density at radius 1 is 1.33 bits per heavy atom. The summed E-state index contributed by atoms with van der Waals surface area (Å²) in [4.78, 5) is 4.24. The van der Waals surface area contributed by atoms with E-state index in [1.54, 1.807) is 19.2 Å². The van der Waals surface area contributed by atoms with Crippen LogP contribution in [0, 0.1) is 0 Å². The van der Waals surface area contributed by atoms with Crippen LogP contribution < -0.4 is 15.8 Å². The zero-order valence-electron chi connectivity index (χ0n) is 9.98. The van der Waals surface area contributed by atoms with Crippen molar-refractivity contribution in [1.82, 2.24) is 4.98 Å². The van der Waals surface area contributed by atoms with Crippen molar-refractivity contribution in [1.29, 1.82) is 0 Å². The summed E-state index contributed by atoms with van der Waals surface area (Å²) in [6.45, 7) is 0.602. The van der Waals surface area contributed by atoms with Gasteiger partial charge in [-0.3, -0.25) is 0 Å². The van der Waals surface area contributed by atoms with Crippen molar-refractivity contribution >= 4 is 23.1 Å².